The second-order valence-corrected chi connectivity index (χ2v) is 3.39. The Morgan fingerprint density at radius 1 is 1.07 bits per heavy atom. The molecular weight excluding hydrogens is 200 g/mol. The van der Waals surface area contributed by atoms with Gasteiger partial charge in [-0.25, -0.2) is 8.78 Å². The van der Waals surface area contributed by atoms with Crippen LogP contribution in [0.3, 0.4) is 0 Å². The topological polar surface area (TPSA) is 32.3 Å². The van der Waals surface area contributed by atoms with E-state index in [4.69, 9.17) is 5.11 Å². The van der Waals surface area contributed by atoms with Crippen molar-refractivity contribution >= 4 is 0 Å². The van der Waals surface area contributed by atoms with E-state index in [0.29, 0.717) is 12.1 Å². The van der Waals surface area contributed by atoms with E-state index in [1.807, 2.05) is 0 Å². The Balaban J connectivity index is 2.31. The van der Waals surface area contributed by atoms with Crippen molar-refractivity contribution in [1.29, 1.82) is 0 Å². The first-order chi connectivity index (χ1) is 7.22. The summed E-state index contributed by atoms with van der Waals surface area (Å²) in [7, 11) is 0. The minimum absolute atomic E-state index is 0.177. The summed E-state index contributed by atoms with van der Waals surface area (Å²) in [5, 5.41) is 11.6. The summed E-state index contributed by atoms with van der Waals surface area (Å²) in [5.41, 5.74) is 0.594. The average molecular weight is 215 g/mol. The first-order valence-corrected chi connectivity index (χ1v) is 4.99. The van der Waals surface area contributed by atoms with Crippen LogP contribution in [-0.2, 0) is 6.54 Å². The Morgan fingerprint density at radius 3 is 2.33 bits per heavy atom. The van der Waals surface area contributed by atoms with Gasteiger partial charge in [0.15, 0.2) is 0 Å². The number of aliphatic hydroxyl groups excluding tert-OH is 1. The van der Waals surface area contributed by atoms with Crippen molar-refractivity contribution in [2.45, 2.75) is 19.4 Å². The number of hydrogen-bond acceptors (Lipinski definition) is 2. The molecule has 0 aliphatic carbocycles. The lowest BCUT2D eigenvalue weighted by Gasteiger charge is -2.04. The van der Waals surface area contributed by atoms with Gasteiger partial charge in [0.2, 0.25) is 0 Å². The molecule has 0 aromatic heterocycles. The Hall–Kier alpha value is -1.00. The van der Waals surface area contributed by atoms with Crippen LogP contribution in [0, 0.1) is 11.6 Å². The Kier molecular flexibility index (Phi) is 5.21. The summed E-state index contributed by atoms with van der Waals surface area (Å²) >= 11 is 0. The van der Waals surface area contributed by atoms with Crippen LogP contribution in [0.4, 0.5) is 8.78 Å². The third-order valence-electron chi connectivity index (χ3n) is 2.01. The van der Waals surface area contributed by atoms with Gasteiger partial charge >= 0.3 is 0 Å². The molecule has 0 saturated carbocycles. The van der Waals surface area contributed by atoms with Crippen LogP contribution in [0.1, 0.15) is 18.4 Å². The van der Waals surface area contributed by atoms with Gasteiger partial charge in [0.1, 0.15) is 11.6 Å². The normalized spacial score (nSPS) is 10.6. The number of aliphatic hydroxyl groups is 1. The second-order valence-electron chi connectivity index (χ2n) is 3.39. The van der Waals surface area contributed by atoms with E-state index in [1.165, 1.54) is 12.1 Å². The minimum atomic E-state index is -0.554. The van der Waals surface area contributed by atoms with E-state index in [1.54, 1.807) is 0 Å². The molecule has 0 radical (unpaired) electrons. The number of unbranched alkanes of at least 4 members (excludes halogenated alkanes) is 1. The highest BCUT2D eigenvalue weighted by atomic mass is 19.1. The fourth-order valence-electron chi connectivity index (χ4n) is 1.31. The molecule has 15 heavy (non-hydrogen) atoms. The highest BCUT2D eigenvalue weighted by Gasteiger charge is 1.99. The van der Waals surface area contributed by atoms with E-state index < -0.39 is 11.6 Å². The first-order valence-electron chi connectivity index (χ1n) is 4.99. The third kappa shape index (κ3) is 4.85. The summed E-state index contributed by atoms with van der Waals surface area (Å²) in [6.45, 7) is 1.36. The van der Waals surface area contributed by atoms with Gasteiger partial charge < -0.3 is 10.4 Å². The Bertz CT molecular complexity index is 284. The predicted octanol–water partition coefficient (Wildman–Crippen LogP) is 1.83. The van der Waals surface area contributed by atoms with Gasteiger partial charge in [0.25, 0.3) is 0 Å². The van der Waals surface area contributed by atoms with E-state index >= 15 is 0 Å². The Morgan fingerprint density at radius 2 is 1.73 bits per heavy atom. The number of nitrogens with one attached hydrogen (secondary N) is 1. The second kappa shape index (κ2) is 6.48. The van der Waals surface area contributed by atoms with Gasteiger partial charge in [0, 0.05) is 19.2 Å². The van der Waals surface area contributed by atoms with E-state index in [-0.39, 0.29) is 6.61 Å². The fraction of sp³-hybridized carbons (Fsp3) is 0.455. The van der Waals surface area contributed by atoms with Crippen molar-refractivity contribution in [3.8, 4) is 0 Å². The molecule has 1 aromatic rings. The summed E-state index contributed by atoms with van der Waals surface area (Å²) in [5.74, 6) is -1.11. The summed E-state index contributed by atoms with van der Waals surface area (Å²) in [4.78, 5) is 0. The minimum Gasteiger partial charge on any atom is -0.396 e. The summed E-state index contributed by atoms with van der Waals surface area (Å²) in [6, 6.07) is 3.47. The smallest absolute Gasteiger partial charge is 0.126 e. The molecule has 2 N–H and O–H groups in total. The lowest BCUT2D eigenvalue weighted by atomic mass is 10.2. The molecule has 0 fully saturated rings. The van der Waals surface area contributed by atoms with Crippen molar-refractivity contribution in [2.24, 2.45) is 0 Å². The third-order valence-corrected chi connectivity index (χ3v) is 2.01. The molecule has 84 valence electrons. The van der Waals surface area contributed by atoms with Crippen LogP contribution in [0.15, 0.2) is 18.2 Å². The van der Waals surface area contributed by atoms with Crippen molar-refractivity contribution < 1.29 is 13.9 Å². The highest BCUT2D eigenvalue weighted by Crippen LogP contribution is 2.07. The number of rotatable bonds is 6. The highest BCUT2D eigenvalue weighted by molar-refractivity contribution is 5.17. The van der Waals surface area contributed by atoms with Crippen molar-refractivity contribution in [2.75, 3.05) is 13.2 Å². The fourth-order valence-corrected chi connectivity index (χ4v) is 1.31. The molecule has 0 aliphatic heterocycles. The zero-order valence-corrected chi connectivity index (χ0v) is 8.47. The van der Waals surface area contributed by atoms with Gasteiger partial charge in [-0.15, -0.1) is 0 Å². The molecule has 1 rings (SSSR count). The van der Waals surface area contributed by atoms with E-state index in [9.17, 15) is 8.78 Å². The van der Waals surface area contributed by atoms with Gasteiger partial charge in [-0.3, -0.25) is 0 Å². The largest absolute Gasteiger partial charge is 0.396 e. The van der Waals surface area contributed by atoms with Crippen LogP contribution in [0.25, 0.3) is 0 Å². The monoisotopic (exact) mass is 215 g/mol. The molecule has 0 amide bonds. The molecule has 0 saturated heterocycles. The maximum atomic E-state index is 12.8. The quantitative estimate of drug-likeness (QED) is 0.709. The lowest BCUT2D eigenvalue weighted by molar-refractivity contribution is 0.283. The number of benzene rings is 1. The van der Waals surface area contributed by atoms with Crippen molar-refractivity contribution in [3.63, 3.8) is 0 Å². The molecule has 0 atom stereocenters. The number of halogens is 2. The standard InChI is InChI=1S/C11H15F2NO/c12-10-5-9(6-11(13)7-10)8-14-3-1-2-4-15/h5-7,14-15H,1-4,8H2. The van der Waals surface area contributed by atoms with Crippen LogP contribution in [0.5, 0.6) is 0 Å². The molecule has 0 spiro atoms. The number of hydrogen-bond donors (Lipinski definition) is 2. The molecule has 4 heteroatoms. The van der Waals surface area contributed by atoms with Crippen molar-refractivity contribution in [3.05, 3.63) is 35.4 Å². The molecule has 2 nitrogen and oxygen atoms in total. The summed E-state index contributed by atoms with van der Waals surface area (Å²) < 4.78 is 25.5. The summed E-state index contributed by atoms with van der Waals surface area (Å²) in [6.07, 6.45) is 1.60. The van der Waals surface area contributed by atoms with Crippen LogP contribution in [0.2, 0.25) is 0 Å². The molecule has 0 heterocycles. The maximum Gasteiger partial charge on any atom is 0.126 e. The van der Waals surface area contributed by atoms with Crippen LogP contribution in [-0.4, -0.2) is 18.3 Å². The van der Waals surface area contributed by atoms with E-state index in [2.05, 4.69) is 5.32 Å². The molecular formula is C11H15F2NO. The zero-order chi connectivity index (χ0) is 11.1. The maximum absolute atomic E-state index is 12.8. The SMILES string of the molecule is OCCCCNCc1cc(F)cc(F)c1. The van der Waals surface area contributed by atoms with Gasteiger partial charge in [-0.1, -0.05) is 0 Å². The molecule has 0 bridgehead atoms. The lowest BCUT2D eigenvalue weighted by Crippen LogP contribution is -2.15. The van der Waals surface area contributed by atoms with Crippen LogP contribution >= 0.6 is 0 Å². The van der Waals surface area contributed by atoms with Crippen molar-refractivity contribution in [1.82, 2.24) is 5.32 Å². The van der Waals surface area contributed by atoms with Crippen LogP contribution < -0.4 is 5.32 Å². The van der Waals surface area contributed by atoms with Gasteiger partial charge in [-0.05, 0) is 37.1 Å². The molecule has 1 aromatic carbocycles. The van der Waals surface area contributed by atoms with Gasteiger partial charge in [0.05, 0.1) is 0 Å². The first kappa shape index (κ1) is 12.1. The van der Waals surface area contributed by atoms with E-state index in [0.717, 1.165) is 25.5 Å². The Labute approximate surface area is 87.9 Å². The zero-order valence-electron chi connectivity index (χ0n) is 8.47. The van der Waals surface area contributed by atoms with Gasteiger partial charge in [-0.2, -0.15) is 0 Å². The molecule has 0 unspecified atom stereocenters. The molecule has 0 aliphatic rings. The predicted molar refractivity (Wildman–Crippen MR) is 54.4 cm³/mol. The average Bonchev–Trinajstić information content (AvgIpc) is 2.16.